The van der Waals surface area contributed by atoms with Crippen LogP contribution in [0.3, 0.4) is 0 Å². The van der Waals surface area contributed by atoms with E-state index in [1.54, 1.807) is 0 Å². The summed E-state index contributed by atoms with van der Waals surface area (Å²) in [5, 5.41) is 9.82. The molecular formula is C21H23N5O2. The molecule has 2 aliphatic rings. The number of benzene rings is 1. The first-order valence-electron chi connectivity index (χ1n) is 9.63. The van der Waals surface area contributed by atoms with Crippen molar-refractivity contribution < 1.29 is 9.90 Å². The maximum absolute atomic E-state index is 13.1. The van der Waals surface area contributed by atoms with Crippen LogP contribution < -0.4 is 4.90 Å². The summed E-state index contributed by atoms with van der Waals surface area (Å²) in [7, 11) is 1.98. The van der Waals surface area contributed by atoms with Gasteiger partial charge in [-0.15, -0.1) is 0 Å². The third kappa shape index (κ3) is 2.74. The van der Waals surface area contributed by atoms with Crippen LogP contribution in [0.15, 0.2) is 30.5 Å². The first kappa shape index (κ1) is 17.2. The summed E-state index contributed by atoms with van der Waals surface area (Å²) in [6, 6.07) is 7.77. The molecule has 7 heteroatoms. The van der Waals surface area contributed by atoms with Crippen molar-refractivity contribution in [2.45, 2.75) is 32.5 Å². The van der Waals surface area contributed by atoms with Crippen LogP contribution in [0.25, 0.3) is 11.0 Å². The molecule has 0 spiro atoms. The molecule has 1 aromatic carbocycles. The highest BCUT2D eigenvalue weighted by atomic mass is 16.3. The third-order valence-corrected chi connectivity index (χ3v) is 5.78. The molecule has 1 saturated heterocycles. The number of aliphatic hydroxyl groups is 1. The Morgan fingerprint density at radius 3 is 2.82 bits per heavy atom. The molecule has 0 bridgehead atoms. The number of aromatic nitrogens is 3. The number of rotatable bonds is 2. The van der Waals surface area contributed by atoms with Gasteiger partial charge >= 0.3 is 0 Å². The number of anilines is 1. The number of carbonyl (C=O) groups excluding carboxylic acids is 1. The molecule has 2 aliphatic heterocycles. The van der Waals surface area contributed by atoms with Crippen molar-refractivity contribution in [2.24, 2.45) is 7.05 Å². The Bertz CT molecular complexity index is 1090. The van der Waals surface area contributed by atoms with Crippen molar-refractivity contribution in [1.82, 2.24) is 19.4 Å². The van der Waals surface area contributed by atoms with Gasteiger partial charge in [-0.05, 0) is 48.7 Å². The van der Waals surface area contributed by atoms with Crippen molar-refractivity contribution in [3.8, 4) is 0 Å². The van der Waals surface area contributed by atoms with E-state index in [0.717, 1.165) is 41.2 Å². The Kier molecular flexibility index (Phi) is 3.87. The lowest BCUT2D eigenvalue weighted by Gasteiger charge is -2.16. The van der Waals surface area contributed by atoms with Gasteiger partial charge in [0.05, 0.1) is 17.1 Å². The highest BCUT2D eigenvalue weighted by Crippen LogP contribution is 2.28. The fourth-order valence-electron chi connectivity index (χ4n) is 4.25. The zero-order valence-electron chi connectivity index (χ0n) is 16.1. The highest BCUT2D eigenvalue weighted by molar-refractivity contribution is 5.98. The minimum Gasteiger partial charge on any atom is -0.391 e. The van der Waals surface area contributed by atoms with E-state index >= 15 is 0 Å². The molecule has 4 heterocycles. The predicted molar refractivity (Wildman–Crippen MR) is 106 cm³/mol. The average Bonchev–Trinajstić information content (AvgIpc) is 3.37. The van der Waals surface area contributed by atoms with Crippen LogP contribution in [0.2, 0.25) is 0 Å². The van der Waals surface area contributed by atoms with Gasteiger partial charge < -0.3 is 19.5 Å². The summed E-state index contributed by atoms with van der Waals surface area (Å²) in [5.41, 5.74) is 5.71. The largest absolute Gasteiger partial charge is 0.391 e. The molecule has 0 saturated carbocycles. The number of imidazole rings is 1. The maximum atomic E-state index is 13.1. The summed E-state index contributed by atoms with van der Waals surface area (Å²) >= 11 is 0. The van der Waals surface area contributed by atoms with E-state index in [9.17, 15) is 9.90 Å². The van der Waals surface area contributed by atoms with Crippen LogP contribution in [0.5, 0.6) is 0 Å². The van der Waals surface area contributed by atoms with E-state index in [-0.39, 0.29) is 12.0 Å². The molecule has 0 radical (unpaired) electrons. The Morgan fingerprint density at radius 2 is 2.04 bits per heavy atom. The van der Waals surface area contributed by atoms with E-state index in [1.807, 2.05) is 47.8 Å². The van der Waals surface area contributed by atoms with Crippen molar-refractivity contribution in [3.63, 3.8) is 0 Å². The van der Waals surface area contributed by atoms with Gasteiger partial charge in [0.15, 0.2) is 0 Å². The number of aliphatic hydroxyl groups excluding tert-OH is 1. The smallest absolute Gasteiger partial charge is 0.254 e. The van der Waals surface area contributed by atoms with Gasteiger partial charge in [0.2, 0.25) is 5.95 Å². The van der Waals surface area contributed by atoms with Crippen molar-refractivity contribution in [2.75, 3.05) is 18.0 Å². The van der Waals surface area contributed by atoms with Gasteiger partial charge in [-0.2, -0.15) is 0 Å². The molecule has 1 fully saturated rings. The Balaban J connectivity index is 1.43. The summed E-state index contributed by atoms with van der Waals surface area (Å²) in [4.78, 5) is 26.1. The molecule has 3 aromatic rings. The lowest BCUT2D eigenvalue weighted by Crippen LogP contribution is -2.25. The molecule has 1 atom stereocenters. The number of aryl methyl sites for hydroxylation is 2. The molecule has 0 unspecified atom stereocenters. The summed E-state index contributed by atoms with van der Waals surface area (Å²) in [6.45, 7) is 4.58. The standard InChI is InChI=1S/C21H23N5O2/c1-13-7-15-10-26(11-16(15)9-22-13)20(28)14-3-4-19-18(8-14)23-21(24(19)2)25-6-5-17(27)12-25/h3-4,7-9,17,27H,5-6,10-12H2,1-2H3/t17-/m0/s1. The predicted octanol–water partition coefficient (Wildman–Crippen LogP) is 2.00. The molecule has 1 amide bonds. The Hall–Kier alpha value is -2.93. The van der Waals surface area contributed by atoms with E-state index < -0.39 is 0 Å². The van der Waals surface area contributed by atoms with Crippen LogP contribution >= 0.6 is 0 Å². The van der Waals surface area contributed by atoms with Crippen LogP contribution in [-0.2, 0) is 20.1 Å². The zero-order valence-corrected chi connectivity index (χ0v) is 16.1. The normalized spacial score (nSPS) is 18.9. The molecule has 28 heavy (non-hydrogen) atoms. The number of nitrogens with zero attached hydrogens (tertiary/aromatic N) is 5. The second-order valence-electron chi connectivity index (χ2n) is 7.82. The van der Waals surface area contributed by atoms with Gasteiger partial charge in [0.1, 0.15) is 0 Å². The number of hydrogen-bond acceptors (Lipinski definition) is 5. The highest BCUT2D eigenvalue weighted by Gasteiger charge is 2.27. The molecule has 1 N–H and O–H groups in total. The topological polar surface area (TPSA) is 74.5 Å². The van der Waals surface area contributed by atoms with Gasteiger partial charge in [0, 0.05) is 50.7 Å². The monoisotopic (exact) mass is 377 g/mol. The number of carbonyl (C=O) groups is 1. The van der Waals surface area contributed by atoms with Crippen LogP contribution in [0.1, 0.15) is 33.6 Å². The van der Waals surface area contributed by atoms with Gasteiger partial charge in [-0.1, -0.05) is 0 Å². The fourth-order valence-corrected chi connectivity index (χ4v) is 4.25. The van der Waals surface area contributed by atoms with Crippen LogP contribution in [-0.4, -0.2) is 49.6 Å². The molecule has 144 valence electrons. The van der Waals surface area contributed by atoms with E-state index in [0.29, 0.717) is 25.2 Å². The van der Waals surface area contributed by atoms with Gasteiger partial charge in [0.25, 0.3) is 5.91 Å². The quantitative estimate of drug-likeness (QED) is 0.739. The molecular weight excluding hydrogens is 354 g/mol. The SMILES string of the molecule is Cc1cc2c(cn1)CN(C(=O)c1ccc3c(c1)nc(N1CC[C@H](O)C1)n3C)C2. The molecule has 2 aromatic heterocycles. The summed E-state index contributed by atoms with van der Waals surface area (Å²) in [6.07, 6.45) is 2.33. The second-order valence-corrected chi connectivity index (χ2v) is 7.82. The zero-order chi connectivity index (χ0) is 19.4. The number of amides is 1. The van der Waals surface area contributed by atoms with Crippen molar-refractivity contribution >= 4 is 22.9 Å². The number of hydrogen-bond donors (Lipinski definition) is 1. The fraction of sp³-hybridized carbons (Fsp3) is 0.381. The van der Waals surface area contributed by atoms with E-state index in [4.69, 9.17) is 4.98 Å². The van der Waals surface area contributed by atoms with E-state index in [1.165, 1.54) is 5.56 Å². The molecule has 0 aliphatic carbocycles. The second kappa shape index (κ2) is 6.31. The van der Waals surface area contributed by atoms with Crippen LogP contribution in [0.4, 0.5) is 5.95 Å². The number of β-amino-alcohol motifs (C(OH)–C–C–N with tert-alkyl or cyclic N) is 1. The molecule has 5 rings (SSSR count). The van der Waals surface area contributed by atoms with Crippen LogP contribution in [0, 0.1) is 6.92 Å². The minimum atomic E-state index is -0.299. The number of fused-ring (bicyclic) bond motifs is 2. The Labute approximate surface area is 163 Å². The Morgan fingerprint density at radius 1 is 1.21 bits per heavy atom. The lowest BCUT2D eigenvalue weighted by atomic mass is 10.1. The minimum absolute atomic E-state index is 0.0135. The van der Waals surface area contributed by atoms with Crippen molar-refractivity contribution in [3.05, 3.63) is 52.8 Å². The maximum Gasteiger partial charge on any atom is 0.254 e. The summed E-state index contributed by atoms with van der Waals surface area (Å²) < 4.78 is 2.03. The number of pyridine rings is 1. The first-order valence-corrected chi connectivity index (χ1v) is 9.63. The van der Waals surface area contributed by atoms with Gasteiger partial charge in [-0.25, -0.2) is 4.98 Å². The van der Waals surface area contributed by atoms with E-state index in [2.05, 4.69) is 16.0 Å². The van der Waals surface area contributed by atoms with Gasteiger partial charge in [-0.3, -0.25) is 9.78 Å². The van der Waals surface area contributed by atoms with Crippen molar-refractivity contribution in [1.29, 1.82) is 0 Å². The first-order chi connectivity index (χ1) is 13.5. The summed E-state index contributed by atoms with van der Waals surface area (Å²) in [5.74, 6) is 0.853. The molecule has 7 nitrogen and oxygen atoms in total. The third-order valence-electron chi connectivity index (χ3n) is 5.78. The average molecular weight is 377 g/mol. The lowest BCUT2D eigenvalue weighted by molar-refractivity contribution is 0.0751.